The fourth-order valence-corrected chi connectivity index (χ4v) is 1.57. The Morgan fingerprint density at radius 2 is 2.00 bits per heavy atom. The van der Waals surface area contributed by atoms with Gasteiger partial charge in [-0.2, -0.15) is 0 Å². The van der Waals surface area contributed by atoms with E-state index in [4.69, 9.17) is 13.0 Å². The molecule has 2 radical (unpaired) electrons. The van der Waals surface area contributed by atoms with Crippen LogP contribution in [0.1, 0.15) is 45.4 Å². The molecule has 3 nitrogen and oxygen atoms in total. The number of likely N-dealkylation sites (N-methyl/N-ethyl adjacent to an activating group) is 1. The number of rotatable bonds is 9. The SMILES string of the molecule is [B]C(CCCCC)CCC(NC)C(=O)O. The Morgan fingerprint density at radius 3 is 2.47 bits per heavy atom. The highest BCUT2D eigenvalue weighted by molar-refractivity contribution is 6.11. The zero-order valence-corrected chi connectivity index (χ0v) is 9.83. The number of hydrogen-bond donors (Lipinski definition) is 2. The molecule has 4 heteroatoms. The Bertz CT molecular complexity index is 176. The molecule has 0 amide bonds. The van der Waals surface area contributed by atoms with Crippen LogP contribution in [0.25, 0.3) is 0 Å². The van der Waals surface area contributed by atoms with Crippen LogP contribution in [0.3, 0.4) is 0 Å². The van der Waals surface area contributed by atoms with Gasteiger partial charge in [0, 0.05) is 0 Å². The van der Waals surface area contributed by atoms with E-state index in [-0.39, 0.29) is 5.82 Å². The first kappa shape index (κ1) is 14.5. The molecule has 0 bridgehead atoms. The van der Waals surface area contributed by atoms with Gasteiger partial charge >= 0.3 is 5.97 Å². The minimum absolute atomic E-state index is 0.145. The molecule has 0 fully saturated rings. The third kappa shape index (κ3) is 7.43. The van der Waals surface area contributed by atoms with Gasteiger partial charge in [0.2, 0.25) is 0 Å². The Balaban J connectivity index is 3.59. The van der Waals surface area contributed by atoms with E-state index >= 15 is 0 Å². The highest BCUT2D eigenvalue weighted by atomic mass is 16.4. The first-order valence-electron chi connectivity index (χ1n) is 5.77. The number of carboxylic acids is 1. The molecule has 0 aliphatic heterocycles. The topological polar surface area (TPSA) is 49.3 Å². The predicted octanol–water partition coefficient (Wildman–Crippen LogP) is 1.98. The average molecular weight is 211 g/mol. The lowest BCUT2D eigenvalue weighted by Gasteiger charge is -2.15. The van der Waals surface area contributed by atoms with Crippen molar-refractivity contribution in [3.05, 3.63) is 0 Å². The molecular formula is C11H22BNO2. The third-order valence-corrected chi connectivity index (χ3v) is 2.65. The summed E-state index contributed by atoms with van der Waals surface area (Å²) in [6, 6.07) is -0.456. The number of unbranched alkanes of at least 4 members (excludes halogenated alkanes) is 2. The van der Waals surface area contributed by atoms with Crippen molar-refractivity contribution in [2.75, 3.05) is 7.05 Å². The molecule has 2 atom stereocenters. The normalized spacial score (nSPS) is 14.8. The largest absolute Gasteiger partial charge is 0.480 e. The molecule has 0 spiro atoms. The quantitative estimate of drug-likeness (QED) is 0.452. The van der Waals surface area contributed by atoms with Crippen LogP contribution in [0, 0.1) is 0 Å². The second-order valence-corrected chi connectivity index (χ2v) is 4.01. The molecule has 0 heterocycles. The van der Waals surface area contributed by atoms with Gasteiger partial charge in [0.25, 0.3) is 0 Å². The lowest BCUT2D eigenvalue weighted by atomic mass is 9.79. The summed E-state index contributed by atoms with van der Waals surface area (Å²) < 4.78 is 0. The average Bonchev–Trinajstić information content (AvgIpc) is 2.18. The Kier molecular flexibility index (Phi) is 8.48. The van der Waals surface area contributed by atoms with Crippen molar-refractivity contribution in [1.29, 1.82) is 0 Å². The van der Waals surface area contributed by atoms with E-state index in [0.29, 0.717) is 6.42 Å². The second-order valence-electron chi connectivity index (χ2n) is 4.01. The molecule has 0 aromatic carbocycles. The molecule has 86 valence electrons. The second kappa shape index (κ2) is 8.78. The first-order chi connectivity index (χ1) is 7.11. The van der Waals surface area contributed by atoms with Crippen molar-refractivity contribution in [3.8, 4) is 0 Å². The lowest BCUT2D eigenvalue weighted by Crippen LogP contribution is -2.33. The van der Waals surface area contributed by atoms with Gasteiger partial charge in [-0.05, 0) is 13.5 Å². The summed E-state index contributed by atoms with van der Waals surface area (Å²) in [6.45, 7) is 2.16. The van der Waals surface area contributed by atoms with Crippen LogP contribution >= 0.6 is 0 Å². The maximum atomic E-state index is 10.7. The molecule has 0 saturated heterocycles. The van der Waals surface area contributed by atoms with Gasteiger partial charge in [-0.1, -0.05) is 44.8 Å². The molecular weight excluding hydrogens is 189 g/mol. The number of carboxylic acid groups (broad SMARTS) is 1. The first-order valence-corrected chi connectivity index (χ1v) is 5.77. The van der Waals surface area contributed by atoms with E-state index in [0.717, 1.165) is 19.3 Å². The van der Waals surface area contributed by atoms with E-state index in [9.17, 15) is 4.79 Å². The van der Waals surface area contributed by atoms with E-state index in [2.05, 4.69) is 12.2 Å². The fraction of sp³-hybridized carbons (Fsp3) is 0.909. The van der Waals surface area contributed by atoms with Gasteiger partial charge in [0.1, 0.15) is 6.04 Å². The minimum atomic E-state index is -0.793. The maximum absolute atomic E-state index is 10.7. The third-order valence-electron chi connectivity index (χ3n) is 2.65. The number of carbonyl (C=O) groups is 1. The van der Waals surface area contributed by atoms with Crippen molar-refractivity contribution in [2.24, 2.45) is 0 Å². The summed E-state index contributed by atoms with van der Waals surface area (Å²) >= 11 is 0. The molecule has 2 N–H and O–H groups in total. The van der Waals surface area contributed by atoms with Crippen LogP contribution in [0.15, 0.2) is 0 Å². The molecule has 0 saturated carbocycles. The highest BCUT2D eigenvalue weighted by Gasteiger charge is 2.15. The Hall–Kier alpha value is -0.505. The van der Waals surface area contributed by atoms with Crippen molar-refractivity contribution in [2.45, 2.75) is 57.3 Å². The minimum Gasteiger partial charge on any atom is -0.480 e. The van der Waals surface area contributed by atoms with Crippen LogP contribution in [-0.4, -0.2) is 32.0 Å². The van der Waals surface area contributed by atoms with E-state index in [1.807, 2.05) is 0 Å². The number of hydrogen-bond acceptors (Lipinski definition) is 2. The van der Waals surface area contributed by atoms with Gasteiger partial charge in [-0.15, -0.1) is 0 Å². The Morgan fingerprint density at radius 1 is 1.33 bits per heavy atom. The number of aliphatic carboxylic acids is 1. The standard InChI is InChI=1S/C11H22BNO2/c1-3-4-5-6-9(12)7-8-10(13-2)11(14)15/h9-10,13H,3-8H2,1-2H3,(H,14,15). The summed E-state index contributed by atoms with van der Waals surface area (Å²) in [5, 5.41) is 11.6. The van der Waals surface area contributed by atoms with Crippen LogP contribution < -0.4 is 5.32 Å². The number of nitrogens with one attached hydrogen (secondary N) is 1. The van der Waals surface area contributed by atoms with Crippen LogP contribution in [0.4, 0.5) is 0 Å². The zero-order chi connectivity index (χ0) is 11.7. The van der Waals surface area contributed by atoms with Crippen LogP contribution in [-0.2, 0) is 4.79 Å². The predicted molar refractivity (Wildman–Crippen MR) is 63.4 cm³/mol. The summed E-state index contributed by atoms with van der Waals surface area (Å²) in [5.74, 6) is -0.648. The van der Waals surface area contributed by atoms with Crippen molar-refractivity contribution in [3.63, 3.8) is 0 Å². The van der Waals surface area contributed by atoms with Crippen molar-refractivity contribution in [1.82, 2.24) is 5.32 Å². The van der Waals surface area contributed by atoms with Gasteiger partial charge in [-0.3, -0.25) is 4.79 Å². The molecule has 0 aromatic heterocycles. The summed E-state index contributed by atoms with van der Waals surface area (Å²) in [4.78, 5) is 10.7. The molecule has 0 aliphatic rings. The lowest BCUT2D eigenvalue weighted by molar-refractivity contribution is -0.139. The summed E-state index contributed by atoms with van der Waals surface area (Å²) in [7, 11) is 7.56. The molecule has 0 aliphatic carbocycles. The summed E-state index contributed by atoms with van der Waals surface area (Å²) in [6.07, 6.45) is 5.95. The zero-order valence-electron chi connectivity index (χ0n) is 9.83. The van der Waals surface area contributed by atoms with Crippen LogP contribution in [0.2, 0.25) is 5.82 Å². The Labute approximate surface area is 94.0 Å². The monoisotopic (exact) mass is 211 g/mol. The molecule has 2 unspecified atom stereocenters. The maximum Gasteiger partial charge on any atom is 0.320 e. The molecule has 0 rings (SSSR count). The van der Waals surface area contributed by atoms with E-state index < -0.39 is 12.0 Å². The van der Waals surface area contributed by atoms with Crippen LogP contribution in [0.5, 0.6) is 0 Å². The van der Waals surface area contributed by atoms with Gasteiger partial charge in [0.15, 0.2) is 0 Å². The van der Waals surface area contributed by atoms with Gasteiger partial charge in [-0.25, -0.2) is 0 Å². The van der Waals surface area contributed by atoms with Gasteiger partial charge in [0.05, 0.1) is 7.85 Å². The smallest absolute Gasteiger partial charge is 0.320 e. The van der Waals surface area contributed by atoms with E-state index in [1.54, 1.807) is 7.05 Å². The highest BCUT2D eigenvalue weighted by Crippen LogP contribution is 2.18. The fourth-order valence-electron chi connectivity index (χ4n) is 1.57. The molecule has 15 heavy (non-hydrogen) atoms. The van der Waals surface area contributed by atoms with Crippen molar-refractivity contribution >= 4 is 13.8 Å². The molecule has 0 aromatic rings. The van der Waals surface area contributed by atoms with Crippen molar-refractivity contribution < 1.29 is 9.90 Å². The summed E-state index contributed by atoms with van der Waals surface area (Å²) in [5.41, 5.74) is 0. The van der Waals surface area contributed by atoms with E-state index in [1.165, 1.54) is 12.8 Å². The van der Waals surface area contributed by atoms with Gasteiger partial charge < -0.3 is 10.4 Å².